The van der Waals surface area contributed by atoms with E-state index in [2.05, 4.69) is 10.2 Å². The highest BCUT2D eigenvalue weighted by atomic mass is 32.2. The van der Waals surface area contributed by atoms with Gasteiger partial charge in [-0.05, 0) is 37.0 Å². The fourth-order valence-corrected chi connectivity index (χ4v) is 4.44. The molecular formula is C17H23FN4O3S. The maximum Gasteiger partial charge on any atom is 0.250 e. The first-order valence-electron chi connectivity index (χ1n) is 8.68. The zero-order valence-corrected chi connectivity index (χ0v) is 15.5. The van der Waals surface area contributed by atoms with Crippen LogP contribution in [0.3, 0.4) is 0 Å². The molecule has 0 bridgehead atoms. The summed E-state index contributed by atoms with van der Waals surface area (Å²) in [7, 11) is -3.76. The highest BCUT2D eigenvalue weighted by Crippen LogP contribution is 2.23. The smallest absolute Gasteiger partial charge is 0.250 e. The standard InChI is InChI=1S/C17H23FN4O3S/c1-2-15(19)16-20-21-17(22(16)10-14-4-3-9-25-14)26(23,24)11-12-5-7-13(18)8-6-12/h5-8,14-15H,2-4,9-11,19H2,1H3. The molecule has 2 aromatic rings. The van der Waals surface area contributed by atoms with Gasteiger partial charge in [0.2, 0.25) is 15.0 Å². The van der Waals surface area contributed by atoms with Crippen LogP contribution in [0, 0.1) is 5.82 Å². The molecule has 2 unspecified atom stereocenters. The van der Waals surface area contributed by atoms with E-state index in [-0.39, 0.29) is 17.0 Å². The normalized spacial score (nSPS) is 19.0. The number of hydrogen-bond donors (Lipinski definition) is 1. The van der Waals surface area contributed by atoms with Crippen LogP contribution < -0.4 is 5.73 Å². The molecule has 9 heteroatoms. The van der Waals surface area contributed by atoms with Crippen molar-refractivity contribution in [1.82, 2.24) is 14.8 Å². The Bertz CT molecular complexity index is 845. The Morgan fingerprint density at radius 2 is 2.08 bits per heavy atom. The minimum Gasteiger partial charge on any atom is -0.376 e. The van der Waals surface area contributed by atoms with Crippen molar-refractivity contribution < 1.29 is 17.5 Å². The number of sulfone groups is 1. The first-order valence-corrected chi connectivity index (χ1v) is 10.3. The van der Waals surface area contributed by atoms with Crippen molar-refractivity contribution in [2.75, 3.05) is 6.61 Å². The second-order valence-corrected chi connectivity index (χ2v) is 8.37. The molecule has 1 aromatic carbocycles. The lowest BCUT2D eigenvalue weighted by atomic mass is 10.2. The zero-order valence-electron chi connectivity index (χ0n) is 14.6. The molecule has 0 saturated carbocycles. The minimum atomic E-state index is -3.76. The third-order valence-corrected chi connectivity index (χ3v) is 6.05. The molecule has 2 N–H and O–H groups in total. The van der Waals surface area contributed by atoms with Gasteiger partial charge in [-0.15, -0.1) is 10.2 Å². The van der Waals surface area contributed by atoms with Gasteiger partial charge in [0.15, 0.2) is 5.82 Å². The molecule has 1 aromatic heterocycles. The minimum absolute atomic E-state index is 0.0754. The van der Waals surface area contributed by atoms with E-state index in [0.717, 1.165) is 12.8 Å². The number of nitrogens with two attached hydrogens (primary N) is 1. The molecule has 0 radical (unpaired) electrons. The van der Waals surface area contributed by atoms with E-state index in [1.807, 2.05) is 6.92 Å². The highest BCUT2D eigenvalue weighted by molar-refractivity contribution is 7.90. The summed E-state index contributed by atoms with van der Waals surface area (Å²) in [5.74, 6) is -0.247. The van der Waals surface area contributed by atoms with Crippen LogP contribution in [0.25, 0.3) is 0 Å². The van der Waals surface area contributed by atoms with Crippen molar-refractivity contribution in [1.29, 1.82) is 0 Å². The Morgan fingerprint density at radius 1 is 1.35 bits per heavy atom. The first kappa shape index (κ1) is 18.9. The lowest BCUT2D eigenvalue weighted by molar-refractivity contribution is 0.0937. The molecule has 1 fully saturated rings. The van der Waals surface area contributed by atoms with Crippen LogP contribution in [0.15, 0.2) is 29.4 Å². The monoisotopic (exact) mass is 382 g/mol. The summed E-state index contributed by atoms with van der Waals surface area (Å²) >= 11 is 0. The molecule has 26 heavy (non-hydrogen) atoms. The van der Waals surface area contributed by atoms with Gasteiger partial charge in [-0.25, -0.2) is 12.8 Å². The van der Waals surface area contributed by atoms with E-state index in [1.54, 1.807) is 4.57 Å². The highest BCUT2D eigenvalue weighted by Gasteiger charge is 2.29. The van der Waals surface area contributed by atoms with E-state index in [1.165, 1.54) is 24.3 Å². The number of nitrogens with zero attached hydrogens (tertiary/aromatic N) is 3. The maximum absolute atomic E-state index is 13.1. The van der Waals surface area contributed by atoms with Gasteiger partial charge in [0, 0.05) is 6.61 Å². The van der Waals surface area contributed by atoms with Gasteiger partial charge >= 0.3 is 0 Å². The summed E-state index contributed by atoms with van der Waals surface area (Å²) in [6.07, 6.45) is 2.34. The Hall–Kier alpha value is -1.84. The SMILES string of the molecule is CCC(N)c1nnc(S(=O)(=O)Cc2ccc(F)cc2)n1CC1CCCO1. The first-order chi connectivity index (χ1) is 12.4. The topological polar surface area (TPSA) is 100 Å². The zero-order chi connectivity index (χ0) is 18.7. The number of hydrogen-bond acceptors (Lipinski definition) is 6. The predicted molar refractivity (Wildman–Crippen MR) is 93.5 cm³/mol. The van der Waals surface area contributed by atoms with Gasteiger partial charge in [0.25, 0.3) is 0 Å². The average molecular weight is 382 g/mol. The van der Waals surface area contributed by atoms with E-state index in [0.29, 0.717) is 31.0 Å². The van der Waals surface area contributed by atoms with Crippen molar-refractivity contribution in [2.24, 2.45) is 5.73 Å². The lowest BCUT2D eigenvalue weighted by Crippen LogP contribution is -2.24. The van der Waals surface area contributed by atoms with Crippen molar-refractivity contribution in [3.05, 3.63) is 41.5 Å². The van der Waals surface area contributed by atoms with Crippen LogP contribution in [0.1, 0.15) is 43.6 Å². The molecule has 1 aliphatic heterocycles. The maximum atomic E-state index is 13.1. The van der Waals surface area contributed by atoms with Crippen molar-refractivity contribution in [3.63, 3.8) is 0 Å². The average Bonchev–Trinajstić information content (AvgIpc) is 3.26. The van der Waals surface area contributed by atoms with Gasteiger partial charge in [-0.1, -0.05) is 19.1 Å². The van der Waals surface area contributed by atoms with E-state index < -0.39 is 21.7 Å². The molecule has 7 nitrogen and oxygen atoms in total. The third kappa shape index (κ3) is 4.11. The summed E-state index contributed by atoms with van der Waals surface area (Å²) in [4.78, 5) is 0. The molecule has 142 valence electrons. The summed E-state index contributed by atoms with van der Waals surface area (Å²) < 4.78 is 46.1. The summed E-state index contributed by atoms with van der Waals surface area (Å²) in [5.41, 5.74) is 6.58. The fourth-order valence-electron chi connectivity index (χ4n) is 3.02. The van der Waals surface area contributed by atoms with Crippen LogP contribution in [0.2, 0.25) is 0 Å². The summed E-state index contributed by atoms with van der Waals surface area (Å²) in [5, 5.41) is 7.86. The van der Waals surface area contributed by atoms with Crippen LogP contribution in [0.5, 0.6) is 0 Å². The molecule has 0 aliphatic carbocycles. The Kier molecular flexibility index (Phi) is 5.69. The molecular weight excluding hydrogens is 359 g/mol. The van der Waals surface area contributed by atoms with E-state index in [9.17, 15) is 12.8 Å². The van der Waals surface area contributed by atoms with Crippen molar-refractivity contribution in [3.8, 4) is 0 Å². The molecule has 2 atom stereocenters. The van der Waals surface area contributed by atoms with Gasteiger partial charge in [0.1, 0.15) is 5.82 Å². The Balaban J connectivity index is 1.93. The largest absolute Gasteiger partial charge is 0.376 e. The lowest BCUT2D eigenvalue weighted by Gasteiger charge is -2.17. The van der Waals surface area contributed by atoms with E-state index in [4.69, 9.17) is 10.5 Å². The van der Waals surface area contributed by atoms with Gasteiger partial charge < -0.3 is 10.5 Å². The van der Waals surface area contributed by atoms with Crippen LogP contribution in [-0.2, 0) is 26.9 Å². The second-order valence-electron chi connectivity index (χ2n) is 6.49. The number of benzene rings is 1. The Morgan fingerprint density at radius 3 is 2.69 bits per heavy atom. The summed E-state index contributed by atoms with van der Waals surface area (Å²) in [6.45, 7) is 2.93. The van der Waals surface area contributed by atoms with Gasteiger partial charge in [-0.3, -0.25) is 4.57 Å². The quantitative estimate of drug-likeness (QED) is 0.786. The number of ether oxygens (including phenoxy) is 1. The van der Waals surface area contributed by atoms with Crippen molar-refractivity contribution in [2.45, 2.75) is 55.8 Å². The summed E-state index contributed by atoms with van der Waals surface area (Å²) in [6, 6.07) is 4.97. The van der Waals surface area contributed by atoms with Crippen LogP contribution >= 0.6 is 0 Å². The Labute approximate surface area is 152 Å². The molecule has 1 aliphatic rings. The molecule has 0 spiro atoms. The molecule has 3 rings (SSSR count). The molecule has 1 saturated heterocycles. The van der Waals surface area contributed by atoms with Crippen LogP contribution in [-0.4, -0.2) is 35.9 Å². The fraction of sp³-hybridized carbons (Fsp3) is 0.529. The van der Waals surface area contributed by atoms with Gasteiger partial charge in [0.05, 0.1) is 24.4 Å². The predicted octanol–water partition coefficient (Wildman–Crippen LogP) is 1.98. The van der Waals surface area contributed by atoms with Gasteiger partial charge in [-0.2, -0.15) is 0 Å². The number of rotatable bonds is 7. The van der Waals surface area contributed by atoms with E-state index >= 15 is 0 Å². The third-order valence-electron chi connectivity index (χ3n) is 4.48. The second kappa shape index (κ2) is 7.81. The van der Waals surface area contributed by atoms with Crippen molar-refractivity contribution >= 4 is 9.84 Å². The molecule has 0 amide bonds. The number of halogens is 1. The number of aromatic nitrogens is 3. The van der Waals surface area contributed by atoms with Crippen LogP contribution in [0.4, 0.5) is 4.39 Å². The molecule has 2 heterocycles.